The molecule has 24 heavy (non-hydrogen) atoms. The second-order valence-electron chi connectivity index (χ2n) is 4.65. The monoisotopic (exact) mass is 416 g/mol. The van der Waals surface area contributed by atoms with E-state index in [2.05, 4.69) is 38.4 Å². The molecule has 0 saturated heterocycles. The summed E-state index contributed by atoms with van der Waals surface area (Å²) in [6.07, 6.45) is -4.40. The molecule has 126 valence electrons. The smallest absolute Gasteiger partial charge is 0.333 e. The van der Waals surface area contributed by atoms with Gasteiger partial charge in [-0.05, 0) is 40.2 Å². The van der Waals surface area contributed by atoms with Crippen LogP contribution in [0, 0.1) is 11.8 Å². The maximum Gasteiger partial charge on any atom is 0.416 e. The van der Waals surface area contributed by atoms with Crippen molar-refractivity contribution in [3.63, 3.8) is 0 Å². The highest BCUT2D eigenvalue weighted by atomic mass is 79.9. The van der Waals surface area contributed by atoms with E-state index in [0.29, 0.717) is 6.54 Å². The molecule has 0 aliphatic heterocycles. The molecule has 0 unspecified atom stereocenters. The minimum atomic E-state index is -4.40. The summed E-state index contributed by atoms with van der Waals surface area (Å²) in [6.45, 7) is 0.430. The summed E-state index contributed by atoms with van der Waals surface area (Å²) < 4.78 is 38.7. The molecule has 0 radical (unpaired) electrons. The molecule has 0 fully saturated rings. The van der Waals surface area contributed by atoms with Crippen LogP contribution >= 0.6 is 27.3 Å². The average Bonchev–Trinajstić information content (AvgIpc) is 2.95. The molecule has 2 amide bonds. The number of hydrogen-bond acceptors (Lipinski definition) is 2. The lowest BCUT2D eigenvalue weighted by Gasteiger charge is -2.06. The first-order chi connectivity index (χ1) is 11.3. The van der Waals surface area contributed by atoms with Gasteiger partial charge in [0.25, 0.3) is 0 Å². The number of carbonyl (C=O) groups excluding carboxylic acids is 1. The number of rotatable bonds is 3. The summed E-state index contributed by atoms with van der Waals surface area (Å²) >= 11 is 4.83. The van der Waals surface area contributed by atoms with Crippen molar-refractivity contribution in [2.24, 2.45) is 0 Å². The minimum absolute atomic E-state index is 0.0379. The Morgan fingerprint density at radius 1 is 1.25 bits per heavy atom. The lowest BCUT2D eigenvalue weighted by atomic mass is 10.1. The van der Waals surface area contributed by atoms with Gasteiger partial charge in [-0.2, -0.15) is 13.2 Å². The van der Waals surface area contributed by atoms with Crippen LogP contribution < -0.4 is 10.6 Å². The summed E-state index contributed by atoms with van der Waals surface area (Å²) in [4.78, 5) is 12.6. The van der Waals surface area contributed by atoms with E-state index in [4.69, 9.17) is 0 Å². The zero-order chi connectivity index (χ0) is 17.6. The van der Waals surface area contributed by atoms with E-state index >= 15 is 0 Å². The van der Waals surface area contributed by atoms with Crippen molar-refractivity contribution in [2.75, 3.05) is 6.54 Å². The maximum absolute atomic E-state index is 12.6. The molecule has 0 atom stereocenters. The van der Waals surface area contributed by atoms with Crippen molar-refractivity contribution in [3.8, 4) is 11.8 Å². The summed E-state index contributed by atoms with van der Waals surface area (Å²) in [5.74, 6) is 5.21. The molecule has 3 nitrogen and oxygen atoms in total. The highest BCUT2D eigenvalue weighted by Gasteiger charge is 2.30. The Morgan fingerprint density at radius 3 is 2.71 bits per heavy atom. The molecule has 0 bridgehead atoms. The van der Waals surface area contributed by atoms with Crippen LogP contribution in [0.2, 0.25) is 0 Å². The molecule has 2 rings (SSSR count). The van der Waals surface area contributed by atoms with Crippen molar-refractivity contribution < 1.29 is 18.0 Å². The largest absolute Gasteiger partial charge is 0.416 e. The lowest BCUT2D eigenvalue weighted by Crippen LogP contribution is -2.34. The third-order valence-electron chi connectivity index (χ3n) is 2.80. The van der Waals surface area contributed by atoms with Crippen LogP contribution in [0.3, 0.4) is 0 Å². The van der Waals surface area contributed by atoms with Crippen LogP contribution in [0.15, 0.2) is 40.2 Å². The fourth-order valence-electron chi connectivity index (χ4n) is 1.72. The van der Waals surface area contributed by atoms with Crippen LogP contribution in [-0.2, 0) is 12.7 Å². The van der Waals surface area contributed by atoms with Gasteiger partial charge in [0.2, 0.25) is 0 Å². The van der Waals surface area contributed by atoms with Gasteiger partial charge in [0.15, 0.2) is 0 Å². The van der Waals surface area contributed by atoms with E-state index in [-0.39, 0.29) is 12.1 Å². The van der Waals surface area contributed by atoms with Gasteiger partial charge in [-0.1, -0.05) is 17.9 Å². The second kappa shape index (κ2) is 8.22. The Bertz CT molecular complexity index is 777. The predicted octanol–water partition coefficient (Wildman–Crippen LogP) is 4.38. The van der Waals surface area contributed by atoms with Gasteiger partial charge in [-0.15, -0.1) is 11.3 Å². The molecule has 0 spiro atoms. The topological polar surface area (TPSA) is 41.1 Å². The van der Waals surface area contributed by atoms with Gasteiger partial charge >= 0.3 is 12.2 Å². The Morgan fingerprint density at radius 2 is 2.04 bits per heavy atom. The molecule has 0 aliphatic carbocycles. The third-order valence-corrected chi connectivity index (χ3v) is 4.50. The first kappa shape index (κ1) is 18.4. The maximum atomic E-state index is 12.6. The van der Waals surface area contributed by atoms with E-state index in [1.54, 1.807) is 0 Å². The van der Waals surface area contributed by atoms with Gasteiger partial charge < -0.3 is 10.6 Å². The zero-order valence-electron chi connectivity index (χ0n) is 12.2. The summed E-state index contributed by atoms with van der Waals surface area (Å²) in [7, 11) is 0. The highest BCUT2D eigenvalue weighted by Crippen LogP contribution is 2.29. The molecule has 0 saturated carbocycles. The fourth-order valence-corrected chi connectivity index (χ4v) is 3.11. The van der Waals surface area contributed by atoms with Gasteiger partial charge in [0.1, 0.15) is 0 Å². The SMILES string of the molecule is O=C(NCC#Cc1cccc(C(F)(F)F)c1)NCc1cc(Br)cs1. The molecule has 8 heteroatoms. The summed E-state index contributed by atoms with van der Waals surface area (Å²) in [6, 6.07) is 6.25. The molecule has 2 aromatic rings. The van der Waals surface area contributed by atoms with Crippen LogP contribution in [0.25, 0.3) is 0 Å². The Hall–Kier alpha value is -1.98. The van der Waals surface area contributed by atoms with Crippen molar-refractivity contribution in [1.29, 1.82) is 0 Å². The quantitative estimate of drug-likeness (QED) is 0.716. The molecular weight excluding hydrogens is 405 g/mol. The lowest BCUT2D eigenvalue weighted by molar-refractivity contribution is -0.137. The highest BCUT2D eigenvalue weighted by molar-refractivity contribution is 9.10. The first-order valence-corrected chi connectivity index (χ1v) is 8.42. The van der Waals surface area contributed by atoms with E-state index in [9.17, 15) is 18.0 Å². The predicted molar refractivity (Wildman–Crippen MR) is 90.6 cm³/mol. The Kier molecular flexibility index (Phi) is 6.29. The van der Waals surface area contributed by atoms with E-state index in [1.165, 1.54) is 23.5 Å². The van der Waals surface area contributed by atoms with E-state index < -0.39 is 17.8 Å². The van der Waals surface area contributed by atoms with Gasteiger partial charge in [-0.3, -0.25) is 0 Å². The van der Waals surface area contributed by atoms with Crippen molar-refractivity contribution >= 4 is 33.3 Å². The third kappa shape index (κ3) is 5.91. The summed E-state index contributed by atoms with van der Waals surface area (Å²) in [5.41, 5.74) is -0.502. The van der Waals surface area contributed by atoms with E-state index in [1.807, 2.05) is 11.4 Å². The number of alkyl halides is 3. The van der Waals surface area contributed by atoms with Crippen LogP contribution in [0.4, 0.5) is 18.0 Å². The standard InChI is InChI=1S/C16H12BrF3N2OS/c17-13-8-14(24-10-13)9-22-15(23)21-6-2-4-11-3-1-5-12(7-11)16(18,19)20/h1,3,5,7-8,10H,6,9H2,(H2,21,22,23). The van der Waals surface area contributed by atoms with E-state index in [0.717, 1.165) is 21.5 Å². The number of benzene rings is 1. The van der Waals surface area contributed by atoms with Crippen molar-refractivity contribution in [1.82, 2.24) is 10.6 Å². The molecule has 1 heterocycles. The van der Waals surface area contributed by atoms with Crippen molar-refractivity contribution in [3.05, 3.63) is 56.2 Å². The fraction of sp³-hybridized carbons (Fsp3) is 0.188. The number of amides is 2. The molecule has 1 aromatic heterocycles. The van der Waals surface area contributed by atoms with Gasteiger partial charge in [0, 0.05) is 20.3 Å². The molecular formula is C16H12BrF3N2OS. The number of hydrogen-bond donors (Lipinski definition) is 2. The number of nitrogens with one attached hydrogen (secondary N) is 2. The Balaban J connectivity index is 1.80. The Labute approximate surface area is 149 Å². The van der Waals surface area contributed by atoms with Crippen LogP contribution in [-0.4, -0.2) is 12.6 Å². The average molecular weight is 417 g/mol. The summed E-state index contributed by atoms with van der Waals surface area (Å²) in [5, 5.41) is 7.10. The zero-order valence-corrected chi connectivity index (χ0v) is 14.6. The van der Waals surface area contributed by atoms with Gasteiger partial charge in [0.05, 0.1) is 18.7 Å². The number of halogens is 4. The van der Waals surface area contributed by atoms with Gasteiger partial charge in [-0.25, -0.2) is 4.79 Å². The first-order valence-electron chi connectivity index (χ1n) is 6.75. The number of carbonyl (C=O) groups is 1. The molecule has 2 N–H and O–H groups in total. The van der Waals surface area contributed by atoms with Crippen LogP contribution in [0.5, 0.6) is 0 Å². The molecule has 1 aromatic carbocycles. The normalized spacial score (nSPS) is 10.7. The molecule has 0 aliphatic rings. The van der Waals surface area contributed by atoms with Crippen LogP contribution in [0.1, 0.15) is 16.0 Å². The minimum Gasteiger partial charge on any atom is -0.333 e. The second-order valence-corrected chi connectivity index (χ2v) is 6.56. The number of urea groups is 1. The van der Waals surface area contributed by atoms with Crippen molar-refractivity contribution in [2.45, 2.75) is 12.7 Å². The number of thiophene rings is 1.